The Bertz CT molecular complexity index is 1020. The van der Waals surface area contributed by atoms with E-state index in [-0.39, 0.29) is 36.6 Å². The van der Waals surface area contributed by atoms with Crippen LogP contribution in [0.1, 0.15) is 29.7 Å². The van der Waals surface area contributed by atoms with E-state index in [2.05, 4.69) is 16.0 Å². The standard InChI is InChI=1S/C22H22ClN5O3/c23-21-25-19-12-17(29)6-7-18(19)20(26-21)27-10-11-28(16(13-27)8-9-24)22(30)31-14-15-4-2-1-3-5-15/h1-5,16H,6-8,10-14H2/t16-/m0/s1. The molecule has 4 rings (SSSR count). The van der Waals surface area contributed by atoms with Crippen molar-refractivity contribution in [3.63, 3.8) is 0 Å². The number of fused-ring (bicyclic) bond motifs is 1. The minimum Gasteiger partial charge on any atom is -0.445 e. The summed E-state index contributed by atoms with van der Waals surface area (Å²) in [5.41, 5.74) is 2.51. The molecule has 1 aliphatic carbocycles. The molecule has 0 spiro atoms. The zero-order chi connectivity index (χ0) is 21.8. The maximum Gasteiger partial charge on any atom is 0.410 e. The third-order valence-corrected chi connectivity index (χ3v) is 5.78. The molecule has 0 radical (unpaired) electrons. The van der Waals surface area contributed by atoms with Crippen LogP contribution in [0.5, 0.6) is 0 Å². The number of carbonyl (C=O) groups excluding carboxylic acids is 2. The van der Waals surface area contributed by atoms with Crippen molar-refractivity contribution in [1.82, 2.24) is 14.9 Å². The highest BCUT2D eigenvalue weighted by Crippen LogP contribution is 2.30. The van der Waals surface area contributed by atoms with E-state index in [0.717, 1.165) is 11.1 Å². The molecule has 2 aliphatic rings. The molecule has 1 aromatic heterocycles. The van der Waals surface area contributed by atoms with Crippen LogP contribution in [0, 0.1) is 11.3 Å². The van der Waals surface area contributed by atoms with Crippen molar-refractivity contribution in [2.45, 2.75) is 38.3 Å². The average molecular weight is 440 g/mol. The number of ether oxygens (including phenoxy) is 1. The van der Waals surface area contributed by atoms with Gasteiger partial charge in [-0.1, -0.05) is 30.3 Å². The maximum atomic E-state index is 12.7. The summed E-state index contributed by atoms with van der Waals surface area (Å²) in [5, 5.41) is 9.42. The van der Waals surface area contributed by atoms with Gasteiger partial charge in [-0.25, -0.2) is 14.8 Å². The first-order valence-electron chi connectivity index (χ1n) is 10.2. The number of rotatable bonds is 4. The van der Waals surface area contributed by atoms with E-state index in [4.69, 9.17) is 16.3 Å². The Hall–Kier alpha value is -3.18. The van der Waals surface area contributed by atoms with Crippen molar-refractivity contribution in [3.8, 4) is 6.07 Å². The predicted octanol–water partition coefficient (Wildman–Crippen LogP) is 2.93. The summed E-state index contributed by atoms with van der Waals surface area (Å²) in [6.45, 7) is 1.54. The summed E-state index contributed by atoms with van der Waals surface area (Å²) in [4.78, 5) is 36.9. The van der Waals surface area contributed by atoms with Crippen LogP contribution in [0.4, 0.5) is 10.6 Å². The average Bonchev–Trinajstić information content (AvgIpc) is 2.77. The van der Waals surface area contributed by atoms with Gasteiger partial charge in [0.25, 0.3) is 0 Å². The summed E-state index contributed by atoms with van der Waals surface area (Å²) in [6.07, 6.45) is 1.03. The molecular weight excluding hydrogens is 418 g/mol. The third kappa shape index (κ3) is 4.78. The first-order chi connectivity index (χ1) is 15.0. The summed E-state index contributed by atoms with van der Waals surface area (Å²) in [7, 11) is 0. The number of Topliss-reactive ketones (excluding diaryl/α,β-unsaturated/α-hetero) is 1. The molecule has 8 nitrogen and oxygen atoms in total. The number of halogens is 1. The van der Waals surface area contributed by atoms with Gasteiger partial charge in [0.2, 0.25) is 5.28 Å². The normalized spacial score (nSPS) is 18.3. The quantitative estimate of drug-likeness (QED) is 0.675. The van der Waals surface area contributed by atoms with Gasteiger partial charge in [-0.2, -0.15) is 5.26 Å². The molecule has 2 aromatic rings. The van der Waals surface area contributed by atoms with E-state index < -0.39 is 6.09 Å². The highest BCUT2D eigenvalue weighted by molar-refractivity contribution is 6.28. The monoisotopic (exact) mass is 439 g/mol. The molecule has 1 saturated heterocycles. The van der Waals surface area contributed by atoms with Gasteiger partial charge in [0.15, 0.2) is 0 Å². The van der Waals surface area contributed by atoms with Crippen LogP contribution in [0.2, 0.25) is 5.28 Å². The van der Waals surface area contributed by atoms with Gasteiger partial charge in [-0.05, 0) is 23.6 Å². The highest BCUT2D eigenvalue weighted by atomic mass is 35.5. The minimum absolute atomic E-state index is 0.102. The fourth-order valence-electron chi connectivity index (χ4n) is 4.06. The van der Waals surface area contributed by atoms with Crippen LogP contribution < -0.4 is 4.90 Å². The smallest absolute Gasteiger partial charge is 0.410 e. The van der Waals surface area contributed by atoms with Crippen molar-refractivity contribution >= 4 is 29.3 Å². The number of amides is 1. The Balaban J connectivity index is 1.49. The summed E-state index contributed by atoms with van der Waals surface area (Å²) < 4.78 is 5.48. The first kappa shape index (κ1) is 21.1. The van der Waals surface area contributed by atoms with Crippen LogP contribution in [-0.4, -0.2) is 52.4 Å². The Labute approximate surface area is 185 Å². The van der Waals surface area contributed by atoms with E-state index in [1.54, 1.807) is 4.90 Å². The zero-order valence-corrected chi connectivity index (χ0v) is 17.7. The molecule has 1 fully saturated rings. The summed E-state index contributed by atoms with van der Waals surface area (Å²) in [6, 6.07) is 11.3. The van der Waals surface area contributed by atoms with E-state index >= 15 is 0 Å². The number of carbonyl (C=O) groups is 2. The molecule has 0 bridgehead atoms. The fraction of sp³-hybridized carbons (Fsp3) is 0.409. The molecule has 1 amide bonds. The van der Waals surface area contributed by atoms with Crippen molar-refractivity contribution in [3.05, 3.63) is 52.4 Å². The van der Waals surface area contributed by atoms with Crippen LogP contribution in [0.25, 0.3) is 0 Å². The number of anilines is 1. The Morgan fingerprint density at radius 3 is 2.81 bits per heavy atom. The molecule has 0 N–H and O–H groups in total. The van der Waals surface area contributed by atoms with Crippen molar-refractivity contribution in [2.75, 3.05) is 24.5 Å². The molecule has 1 aromatic carbocycles. The van der Waals surface area contributed by atoms with Crippen LogP contribution in [0.15, 0.2) is 30.3 Å². The number of nitrogens with zero attached hydrogens (tertiary/aromatic N) is 5. The maximum absolute atomic E-state index is 12.7. The van der Waals surface area contributed by atoms with Crippen LogP contribution in [0.3, 0.4) is 0 Å². The number of nitriles is 1. The molecular formula is C22H22ClN5O3. The van der Waals surface area contributed by atoms with E-state index in [1.807, 2.05) is 35.2 Å². The summed E-state index contributed by atoms with van der Waals surface area (Å²) >= 11 is 6.13. The molecule has 2 heterocycles. The molecule has 0 saturated carbocycles. The van der Waals surface area contributed by atoms with Gasteiger partial charge in [0.05, 0.1) is 24.2 Å². The van der Waals surface area contributed by atoms with E-state index in [9.17, 15) is 14.9 Å². The van der Waals surface area contributed by atoms with Gasteiger partial charge >= 0.3 is 6.09 Å². The molecule has 9 heteroatoms. The number of hydrogen-bond acceptors (Lipinski definition) is 7. The lowest BCUT2D eigenvalue weighted by atomic mass is 9.94. The fourth-order valence-corrected chi connectivity index (χ4v) is 4.24. The van der Waals surface area contributed by atoms with Crippen molar-refractivity contribution < 1.29 is 14.3 Å². The first-order valence-corrected chi connectivity index (χ1v) is 10.6. The lowest BCUT2D eigenvalue weighted by molar-refractivity contribution is -0.118. The van der Waals surface area contributed by atoms with Gasteiger partial charge in [0.1, 0.15) is 18.2 Å². The second kappa shape index (κ2) is 9.31. The highest BCUT2D eigenvalue weighted by Gasteiger charge is 2.34. The Morgan fingerprint density at radius 2 is 2.03 bits per heavy atom. The largest absolute Gasteiger partial charge is 0.445 e. The number of benzene rings is 1. The molecule has 31 heavy (non-hydrogen) atoms. The number of aromatic nitrogens is 2. The SMILES string of the molecule is N#CC[C@H]1CN(c2nc(Cl)nc3c2CCC(=O)C3)CCN1C(=O)OCc1ccccc1. The lowest BCUT2D eigenvalue weighted by Crippen LogP contribution is -2.55. The number of hydrogen-bond donors (Lipinski definition) is 0. The van der Waals surface area contributed by atoms with Crippen LogP contribution in [-0.2, 0) is 29.0 Å². The van der Waals surface area contributed by atoms with Crippen LogP contribution >= 0.6 is 11.6 Å². The predicted molar refractivity (Wildman–Crippen MR) is 114 cm³/mol. The number of piperazine rings is 1. The second-order valence-corrected chi connectivity index (χ2v) is 7.99. The number of ketones is 1. The van der Waals surface area contributed by atoms with Gasteiger partial charge in [0, 0.05) is 38.0 Å². The molecule has 160 valence electrons. The summed E-state index contributed by atoms with van der Waals surface area (Å²) in [5.74, 6) is 0.837. The third-order valence-electron chi connectivity index (χ3n) is 5.61. The molecule has 0 unspecified atom stereocenters. The second-order valence-electron chi connectivity index (χ2n) is 7.65. The van der Waals surface area contributed by atoms with E-state index in [0.29, 0.717) is 44.0 Å². The lowest BCUT2D eigenvalue weighted by Gasteiger charge is -2.41. The Morgan fingerprint density at radius 1 is 1.23 bits per heavy atom. The Kier molecular flexibility index (Phi) is 6.33. The van der Waals surface area contributed by atoms with Gasteiger partial charge < -0.3 is 14.5 Å². The van der Waals surface area contributed by atoms with Gasteiger partial charge in [-0.3, -0.25) is 4.79 Å². The van der Waals surface area contributed by atoms with Crippen molar-refractivity contribution in [2.24, 2.45) is 0 Å². The molecule has 1 atom stereocenters. The zero-order valence-electron chi connectivity index (χ0n) is 17.0. The minimum atomic E-state index is -0.433. The van der Waals surface area contributed by atoms with E-state index in [1.165, 1.54) is 0 Å². The molecule has 1 aliphatic heterocycles. The topological polar surface area (TPSA) is 99.4 Å². The van der Waals surface area contributed by atoms with Gasteiger partial charge in [-0.15, -0.1) is 0 Å². The van der Waals surface area contributed by atoms with Crippen molar-refractivity contribution in [1.29, 1.82) is 5.26 Å².